The number of aromatic amines is 1. The molecule has 0 fully saturated rings. The van der Waals surface area contributed by atoms with Gasteiger partial charge in [-0.25, -0.2) is 4.98 Å². The van der Waals surface area contributed by atoms with Crippen molar-refractivity contribution < 1.29 is 19.4 Å². The van der Waals surface area contributed by atoms with Gasteiger partial charge in [-0.05, 0) is 23.8 Å². The molecular formula is C17H17N3O5. The Kier molecular flexibility index (Phi) is 6.05. The molecule has 0 aliphatic rings. The van der Waals surface area contributed by atoms with E-state index in [-0.39, 0.29) is 18.6 Å². The summed E-state index contributed by atoms with van der Waals surface area (Å²) >= 11 is 0. The molecule has 1 aromatic heterocycles. The zero-order chi connectivity index (χ0) is 18.2. The fourth-order valence-electron chi connectivity index (χ4n) is 1.90. The summed E-state index contributed by atoms with van der Waals surface area (Å²) < 4.78 is 5.29. The van der Waals surface area contributed by atoms with E-state index in [0.717, 1.165) is 5.56 Å². The van der Waals surface area contributed by atoms with Gasteiger partial charge in [-0.15, -0.1) is 0 Å². The van der Waals surface area contributed by atoms with E-state index in [4.69, 9.17) is 9.84 Å². The van der Waals surface area contributed by atoms with Crippen molar-refractivity contribution in [1.82, 2.24) is 15.3 Å². The second-order valence-electron chi connectivity index (χ2n) is 4.98. The molecule has 0 aliphatic carbocycles. The molecule has 130 valence electrons. The van der Waals surface area contributed by atoms with Gasteiger partial charge in [-0.3, -0.25) is 14.4 Å². The molecule has 1 aromatic carbocycles. The first-order chi connectivity index (χ1) is 12.0. The Balaban J connectivity index is 2.02. The van der Waals surface area contributed by atoms with Crippen LogP contribution in [0, 0.1) is 0 Å². The standard InChI is InChI=1S/C17H17N3O5/c1-18-16(23)13-10-19-14(20-17(13)24)7-4-11-2-5-12(6-3-11)25-9-8-15(21)22/h2-7,10H,8-9H2,1H3,(H,18,23)(H,21,22)(H,19,20,24). The van der Waals surface area contributed by atoms with Gasteiger partial charge in [-0.2, -0.15) is 0 Å². The van der Waals surface area contributed by atoms with Crippen LogP contribution in [0.4, 0.5) is 0 Å². The quantitative estimate of drug-likeness (QED) is 0.693. The minimum absolute atomic E-state index is 0.0532. The summed E-state index contributed by atoms with van der Waals surface area (Å²) in [6.45, 7) is 0.105. The topological polar surface area (TPSA) is 121 Å². The van der Waals surface area contributed by atoms with E-state index in [1.165, 1.54) is 13.2 Å². The van der Waals surface area contributed by atoms with Gasteiger partial charge in [0.15, 0.2) is 0 Å². The second-order valence-corrected chi connectivity index (χ2v) is 4.98. The van der Waals surface area contributed by atoms with Crippen LogP contribution in [-0.4, -0.2) is 40.6 Å². The van der Waals surface area contributed by atoms with Crippen molar-refractivity contribution in [2.45, 2.75) is 6.42 Å². The van der Waals surface area contributed by atoms with E-state index in [1.54, 1.807) is 36.4 Å². The number of nitrogens with zero attached hydrogens (tertiary/aromatic N) is 1. The maximum atomic E-state index is 11.8. The molecule has 1 amide bonds. The Hall–Kier alpha value is -3.42. The molecular weight excluding hydrogens is 326 g/mol. The molecule has 2 aromatic rings. The minimum atomic E-state index is -0.913. The van der Waals surface area contributed by atoms with Gasteiger partial charge < -0.3 is 20.1 Å². The zero-order valence-electron chi connectivity index (χ0n) is 13.5. The Labute approximate surface area is 143 Å². The Morgan fingerprint density at radius 2 is 2.00 bits per heavy atom. The number of benzene rings is 1. The SMILES string of the molecule is CNC(=O)c1cnc(C=Cc2ccc(OCCC(=O)O)cc2)[nH]c1=O. The molecule has 0 aliphatic heterocycles. The molecule has 1 heterocycles. The molecule has 8 heteroatoms. The summed E-state index contributed by atoms with van der Waals surface area (Å²) in [4.78, 5) is 40.2. The van der Waals surface area contributed by atoms with Gasteiger partial charge >= 0.3 is 5.97 Å². The van der Waals surface area contributed by atoms with Crippen molar-refractivity contribution in [2.75, 3.05) is 13.7 Å². The molecule has 2 rings (SSSR count). The van der Waals surface area contributed by atoms with Gasteiger partial charge in [0.2, 0.25) is 0 Å². The van der Waals surface area contributed by atoms with E-state index < -0.39 is 17.4 Å². The van der Waals surface area contributed by atoms with Crippen LogP contribution >= 0.6 is 0 Å². The highest BCUT2D eigenvalue weighted by molar-refractivity contribution is 5.93. The Morgan fingerprint density at radius 3 is 2.60 bits per heavy atom. The smallest absolute Gasteiger partial charge is 0.306 e. The molecule has 25 heavy (non-hydrogen) atoms. The Morgan fingerprint density at radius 1 is 1.28 bits per heavy atom. The largest absolute Gasteiger partial charge is 0.493 e. The molecule has 0 bridgehead atoms. The van der Waals surface area contributed by atoms with Gasteiger partial charge in [-0.1, -0.05) is 18.2 Å². The van der Waals surface area contributed by atoms with Crippen molar-refractivity contribution in [2.24, 2.45) is 0 Å². The number of rotatable bonds is 7. The zero-order valence-corrected chi connectivity index (χ0v) is 13.5. The summed E-state index contributed by atoms with van der Waals surface area (Å²) in [7, 11) is 1.44. The summed E-state index contributed by atoms with van der Waals surface area (Å²) in [6, 6.07) is 6.99. The van der Waals surface area contributed by atoms with Gasteiger partial charge in [0.25, 0.3) is 11.5 Å². The number of amides is 1. The highest BCUT2D eigenvalue weighted by Gasteiger charge is 2.08. The summed E-state index contributed by atoms with van der Waals surface area (Å²) in [5.74, 6) is -0.523. The van der Waals surface area contributed by atoms with Crippen LogP contribution in [0.1, 0.15) is 28.2 Å². The first kappa shape index (κ1) is 17.9. The maximum Gasteiger partial charge on any atom is 0.306 e. The van der Waals surface area contributed by atoms with Crippen LogP contribution in [0.3, 0.4) is 0 Å². The molecule has 0 radical (unpaired) electrons. The first-order valence-corrected chi connectivity index (χ1v) is 7.43. The first-order valence-electron chi connectivity index (χ1n) is 7.43. The lowest BCUT2D eigenvalue weighted by atomic mass is 10.2. The second kappa shape index (κ2) is 8.44. The van der Waals surface area contributed by atoms with Crippen LogP contribution in [0.25, 0.3) is 12.2 Å². The van der Waals surface area contributed by atoms with E-state index in [1.807, 2.05) is 0 Å². The molecule has 8 nitrogen and oxygen atoms in total. The number of aliphatic carboxylic acids is 1. The highest BCUT2D eigenvalue weighted by atomic mass is 16.5. The van der Waals surface area contributed by atoms with E-state index >= 15 is 0 Å². The predicted octanol–water partition coefficient (Wildman–Crippen LogP) is 1.15. The molecule has 0 saturated carbocycles. The van der Waals surface area contributed by atoms with E-state index in [2.05, 4.69) is 15.3 Å². The van der Waals surface area contributed by atoms with Crippen LogP contribution in [-0.2, 0) is 4.79 Å². The lowest BCUT2D eigenvalue weighted by molar-refractivity contribution is -0.137. The normalized spacial score (nSPS) is 10.6. The number of carbonyl (C=O) groups is 2. The number of ether oxygens (including phenoxy) is 1. The van der Waals surface area contributed by atoms with Crippen LogP contribution in [0.15, 0.2) is 35.3 Å². The summed E-state index contributed by atoms with van der Waals surface area (Å²) in [5.41, 5.74) is 0.266. The van der Waals surface area contributed by atoms with Crippen molar-refractivity contribution in [3.8, 4) is 5.75 Å². The average molecular weight is 343 g/mol. The third kappa shape index (κ3) is 5.31. The number of hydrogen-bond donors (Lipinski definition) is 3. The lowest BCUT2D eigenvalue weighted by Gasteiger charge is -2.04. The summed E-state index contributed by atoms with van der Waals surface area (Å²) in [6.07, 6.45) is 4.50. The van der Waals surface area contributed by atoms with Crippen molar-refractivity contribution >= 4 is 24.0 Å². The van der Waals surface area contributed by atoms with Gasteiger partial charge in [0.05, 0.1) is 13.0 Å². The molecule has 3 N–H and O–H groups in total. The molecule has 0 unspecified atom stereocenters. The minimum Gasteiger partial charge on any atom is -0.493 e. The number of H-pyrrole nitrogens is 1. The number of carboxylic acid groups (broad SMARTS) is 1. The van der Waals surface area contributed by atoms with Crippen LogP contribution < -0.4 is 15.6 Å². The Bertz CT molecular complexity index is 840. The fourth-order valence-corrected chi connectivity index (χ4v) is 1.90. The van der Waals surface area contributed by atoms with Gasteiger partial charge in [0, 0.05) is 13.2 Å². The van der Waals surface area contributed by atoms with Gasteiger partial charge in [0.1, 0.15) is 17.1 Å². The number of hydrogen-bond acceptors (Lipinski definition) is 5. The van der Waals surface area contributed by atoms with Crippen molar-refractivity contribution in [3.63, 3.8) is 0 Å². The van der Waals surface area contributed by atoms with E-state index in [9.17, 15) is 14.4 Å². The number of carbonyl (C=O) groups excluding carboxylic acids is 1. The average Bonchev–Trinajstić information content (AvgIpc) is 2.60. The molecule has 0 saturated heterocycles. The van der Waals surface area contributed by atoms with E-state index in [0.29, 0.717) is 11.6 Å². The van der Waals surface area contributed by atoms with Crippen LogP contribution in [0.5, 0.6) is 5.75 Å². The number of aromatic nitrogens is 2. The molecule has 0 atom stereocenters. The van der Waals surface area contributed by atoms with Crippen LogP contribution in [0.2, 0.25) is 0 Å². The lowest BCUT2D eigenvalue weighted by Crippen LogP contribution is -2.27. The van der Waals surface area contributed by atoms with Crippen molar-refractivity contribution in [3.05, 3.63) is 57.8 Å². The maximum absolute atomic E-state index is 11.8. The highest BCUT2D eigenvalue weighted by Crippen LogP contribution is 2.14. The third-order valence-electron chi connectivity index (χ3n) is 3.19. The fraction of sp³-hybridized carbons (Fsp3) is 0.176. The summed E-state index contributed by atoms with van der Waals surface area (Å²) in [5, 5.41) is 10.9. The monoisotopic (exact) mass is 343 g/mol. The number of nitrogens with one attached hydrogen (secondary N) is 2. The third-order valence-corrected chi connectivity index (χ3v) is 3.19. The predicted molar refractivity (Wildman–Crippen MR) is 91.4 cm³/mol. The molecule has 0 spiro atoms. The number of carboxylic acids is 1. The van der Waals surface area contributed by atoms with Crippen molar-refractivity contribution in [1.29, 1.82) is 0 Å².